The summed E-state index contributed by atoms with van der Waals surface area (Å²) in [7, 11) is 1.61. The van der Waals surface area contributed by atoms with Gasteiger partial charge in [-0.3, -0.25) is 14.5 Å². The lowest BCUT2D eigenvalue weighted by atomic mass is 10.0. The third-order valence-electron chi connectivity index (χ3n) is 4.41. The molecule has 6 nitrogen and oxygen atoms in total. The molecule has 0 atom stereocenters. The molecule has 2 aliphatic rings. The predicted molar refractivity (Wildman–Crippen MR) is 86.1 cm³/mol. The van der Waals surface area contributed by atoms with Gasteiger partial charge < -0.3 is 9.80 Å². The molecule has 122 valence electrons. The predicted octanol–water partition coefficient (Wildman–Crippen LogP) is 1.64. The lowest BCUT2D eigenvalue weighted by Crippen LogP contribution is -2.37. The number of anilines is 1. The molecule has 1 saturated heterocycles. The maximum Gasteiger partial charge on any atom is 0.326 e. The molecule has 2 aliphatic heterocycles. The van der Waals surface area contributed by atoms with Crippen molar-refractivity contribution in [3.63, 3.8) is 0 Å². The zero-order valence-corrected chi connectivity index (χ0v) is 13.3. The van der Waals surface area contributed by atoms with Gasteiger partial charge in [0.05, 0.1) is 0 Å². The Morgan fingerprint density at radius 3 is 2.74 bits per heavy atom. The first-order chi connectivity index (χ1) is 11.1. The summed E-state index contributed by atoms with van der Waals surface area (Å²) in [6.45, 7) is 1.18. The first-order valence-corrected chi connectivity index (χ1v) is 8.01. The first kappa shape index (κ1) is 15.5. The number of hydrogen-bond acceptors (Lipinski definition) is 3. The van der Waals surface area contributed by atoms with Crippen LogP contribution < -0.4 is 4.90 Å². The molecule has 2 heterocycles. The molecule has 1 aromatic carbocycles. The molecular weight excluding hydrogens is 294 g/mol. The van der Waals surface area contributed by atoms with Crippen molar-refractivity contribution in [2.45, 2.75) is 25.7 Å². The van der Waals surface area contributed by atoms with Crippen LogP contribution in [0.25, 0.3) is 0 Å². The summed E-state index contributed by atoms with van der Waals surface area (Å²) < 4.78 is 0. The van der Waals surface area contributed by atoms with E-state index in [1.54, 1.807) is 7.05 Å². The van der Waals surface area contributed by atoms with Crippen molar-refractivity contribution in [1.29, 1.82) is 0 Å². The van der Waals surface area contributed by atoms with E-state index in [-0.39, 0.29) is 24.4 Å². The van der Waals surface area contributed by atoms with Gasteiger partial charge in [-0.15, -0.1) is 0 Å². The van der Waals surface area contributed by atoms with Gasteiger partial charge in [0.1, 0.15) is 6.54 Å². The summed E-state index contributed by atoms with van der Waals surface area (Å²) in [5.41, 5.74) is 2.20. The average molecular weight is 315 g/mol. The number of aryl methyl sites for hydroxylation is 1. The summed E-state index contributed by atoms with van der Waals surface area (Å²) in [4.78, 5) is 40.4. The molecule has 1 aromatic rings. The Hall–Kier alpha value is -2.37. The maximum absolute atomic E-state index is 12.5. The van der Waals surface area contributed by atoms with Crippen LogP contribution in [0.5, 0.6) is 0 Å². The number of hydrogen-bond donors (Lipinski definition) is 0. The molecule has 0 N–H and O–H groups in total. The second-order valence-corrected chi connectivity index (χ2v) is 6.07. The summed E-state index contributed by atoms with van der Waals surface area (Å²) in [5, 5.41) is 0. The normalized spacial score (nSPS) is 17.7. The van der Waals surface area contributed by atoms with Crippen LogP contribution >= 0.6 is 0 Å². The fourth-order valence-electron chi connectivity index (χ4n) is 3.20. The Morgan fingerprint density at radius 1 is 1.22 bits per heavy atom. The number of imide groups is 1. The van der Waals surface area contributed by atoms with Crippen LogP contribution in [-0.4, -0.2) is 54.3 Å². The number of amides is 4. The third-order valence-corrected chi connectivity index (χ3v) is 4.41. The number of rotatable bonds is 4. The molecule has 3 rings (SSSR count). The largest absolute Gasteiger partial charge is 0.326 e. The lowest BCUT2D eigenvalue weighted by molar-refractivity contribution is -0.126. The number of nitrogens with zero attached hydrogens (tertiary/aromatic N) is 3. The van der Waals surface area contributed by atoms with Gasteiger partial charge in [0.2, 0.25) is 11.8 Å². The van der Waals surface area contributed by atoms with Gasteiger partial charge in [0, 0.05) is 32.2 Å². The highest BCUT2D eigenvalue weighted by Gasteiger charge is 2.33. The van der Waals surface area contributed by atoms with E-state index in [9.17, 15) is 14.4 Å². The Kier molecular flexibility index (Phi) is 4.32. The number of benzene rings is 1. The van der Waals surface area contributed by atoms with E-state index in [4.69, 9.17) is 0 Å². The van der Waals surface area contributed by atoms with Gasteiger partial charge in [-0.2, -0.15) is 0 Å². The second kappa shape index (κ2) is 6.40. The van der Waals surface area contributed by atoms with Gasteiger partial charge >= 0.3 is 6.03 Å². The molecule has 0 aliphatic carbocycles. The van der Waals surface area contributed by atoms with Gasteiger partial charge in [0.15, 0.2) is 0 Å². The van der Waals surface area contributed by atoms with Crippen LogP contribution in [0.2, 0.25) is 0 Å². The smallest absolute Gasteiger partial charge is 0.318 e. The van der Waals surface area contributed by atoms with Gasteiger partial charge in [-0.1, -0.05) is 18.2 Å². The molecular formula is C17H21N3O3. The van der Waals surface area contributed by atoms with Crippen LogP contribution in [0, 0.1) is 0 Å². The Morgan fingerprint density at radius 2 is 2.00 bits per heavy atom. The fraction of sp³-hybridized carbons (Fsp3) is 0.471. The van der Waals surface area contributed by atoms with Gasteiger partial charge in [-0.05, 0) is 30.9 Å². The van der Waals surface area contributed by atoms with Gasteiger partial charge in [-0.25, -0.2) is 4.79 Å². The number of urea groups is 1. The van der Waals surface area contributed by atoms with Crippen molar-refractivity contribution in [2.75, 3.05) is 31.6 Å². The quantitative estimate of drug-likeness (QED) is 0.794. The zero-order chi connectivity index (χ0) is 16.4. The highest BCUT2D eigenvalue weighted by molar-refractivity contribution is 6.02. The van der Waals surface area contributed by atoms with Crippen molar-refractivity contribution in [3.05, 3.63) is 29.8 Å². The molecule has 0 unspecified atom stereocenters. The van der Waals surface area contributed by atoms with Crippen molar-refractivity contribution >= 4 is 23.5 Å². The molecule has 1 fully saturated rings. The van der Waals surface area contributed by atoms with E-state index >= 15 is 0 Å². The number of carbonyl (C=O) groups is 3. The molecule has 6 heteroatoms. The number of likely N-dealkylation sites (N-methyl/N-ethyl adjacent to an activating group) is 1. The highest BCUT2D eigenvalue weighted by atomic mass is 16.2. The van der Waals surface area contributed by atoms with Crippen LogP contribution in [0.3, 0.4) is 0 Å². The van der Waals surface area contributed by atoms with Crippen LogP contribution in [0.1, 0.15) is 24.8 Å². The van der Waals surface area contributed by atoms with E-state index in [2.05, 4.69) is 6.07 Å². The fourth-order valence-corrected chi connectivity index (χ4v) is 3.20. The maximum atomic E-state index is 12.5. The molecule has 23 heavy (non-hydrogen) atoms. The molecule has 4 amide bonds. The summed E-state index contributed by atoms with van der Waals surface area (Å²) >= 11 is 0. The molecule has 0 radical (unpaired) electrons. The molecule has 0 spiro atoms. The summed E-state index contributed by atoms with van der Waals surface area (Å²) in [6, 6.07) is 7.71. The van der Waals surface area contributed by atoms with Crippen molar-refractivity contribution in [2.24, 2.45) is 0 Å². The Labute approximate surface area is 135 Å². The number of fused-ring (bicyclic) bond motifs is 1. The molecule has 0 bridgehead atoms. The number of carbonyl (C=O) groups excluding carboxylic acids is 3. The topological polar surface area (TPSA) is 60.9 Å². The van der Waals surface area contributed by atoms with E-state index in [1.807, 2.05) is 23.1 Å². The van der Waals surface area contributed by atoms with Crippen molar-refractivity contribution < 1.29 is 14.4 Å². The van der Waals surface area contributed by atoms with Gasteiger partial charge in [0.25, 0.3) is 0 Å². The van der Waals surface area contributed by atoms with E-state index in [0.717, 1.165) is 25.1 Å². The molecule has 0 saturated carbocycles. The Balaban J connectivity index is 1.57. The van der Waals surface area contributed by atoms with Crippen molar-refractivity contribution in [1.82, 2.24) is 9.80 Å². The Bertz CT molecular complexity index is 644. The van der Waals surface area contributed by atoms with E-state index < -0.39 is 0 Å². The summed E-state index contributed by atoms with van der Waals surface area (Å²) in [6.07, 6.45) is 2.82. The minimum absolute atomic E-state index is 0.0598. The number of para-hydroxylation sites is 1. The monoisotopic (exact) mass is 315 g/mol. The van der Waals surface area contributed by atoms with E-state index in [1.165, 1.54) is 15.4 Å². The minimum Gasteiger partial charge on any atom is -0.318 e. The van der Waals surface area contributed by atoms with Crippen LogP contribution in [-0.2, 0) is 16.0 Å². The highest BCUT2D eigenvalue weighted by Crippen LogP contribution is 2.27. The SMILES string of the molecule is CN1CC(=O)N(CCCC(=O)N2CCCc3ccccc32)C1=O. The minimum atomic E-state index is -0.272. The first-order valence-electron chi connectivity index (χ1n) is 8.01. The van der Waals surface area contributed by atoms with Crippen LogP contribution in [0.4, 0.5) is 10.5 Å². The van der Waals surface area contributed by atoms with Crippen molar-refractivity contribution in [3.8, 4) is 0 Å². The standard InChI is InChI=1S/C17H21N3O3/c1-18-12-16(22)20(17(18)23)11-5-9-15(21)19-10-4-7-13-6-2-3-8-14(13)19/h2-3,6,8H,4-5,7,9-12H2,1H3. The average Bonchev–Trinajstić information content (AvgIpc) is 2.80. The second-order valence-electron chi connectivity index (χ2n) is 6.07. The summed E-state index contributed by atoms with van der Waals surface area (Å²) in [5.74, 6) is -0.127. The molecule has 0 aromatic heterocycles. The van der Waals surface area contributed by atoms with E-state index in [0.29, 0.717) is 19.4 Å². The third kappa shape index (κ3) is 3.06. The zero-order valence-electron chi connectivity index (χ0n) is 13.3. The van der Waals surface area contributed by atoms with Crippen LogP contribution in [0.15, 0.2) is 24.3 Å². The lowest BCUT2D eigenvalue weighted by Gasteiger charge is -2.29.